The number of anilines is 1. The molecule has 33 heavy (non-hydrogen) atoms. The van der Waals surface area contributed by atoms with Crippen molar-refractivity contribution in [3.63, 3.8) is 0 Å². The van der Waals surface area contributed by atoms with Gasteiger partial charge in [0, 0.05) is 58.1 Å². The number of ether oxygens (including phenoxy) is 2. The molecule has 0 amide bonds. The summed E-state index contributed by atoms with van der Waals surface area (Å²) in [6.07, 6.45) is 2.29. The van der Waals surface area contributed by atoms with E-state index < -0.39 is 0 Å². The fourth-order valence-corrected chi connectivity index (χ4v) is 3.91. The average Bonchev–Trinajstić information content (AvgIpc) is 2.84. The van der Waals surface area contributed by atoms with Gasteiger partial charge >= 0.3 is 0 Å². The molecule has 0 radical (unpaired) electrons. The highest BCUT2D eigenvalue weighted by molar-refractivity contribution is 14.0. The third-order valence-corrected chi connectivity index (χ3v) is 5.78. The first-order valence-corrected chi connectivity index (χ1v) is 11.4. The van der Waals surface area contributed by atoms with Crippen LogP contribution >= 0.6 is 24.0 Å². The standard InChI is InChI=1S/C25H37N5O2.HI/c1-26-25(28-22-11-12-23(31-2)24(19-22)32-3)27-13-7-8-14-29-15-17-30(18-16-29)20-21-9-5-4-6-10-21;/h4-6,9-12,19H,7-8,13-18,20H2,1-3H3,(H2,26,27,28);1H. The maximum absolute atomic E-state index is 5.37. The highest BCUT2D eigenvalue weighted by Crippen LogP contribution is 2.29. The highest BCUT2D eigenvalue weighted by atomic mass is 127. The molecule has 1 heterocycles. The summed E-state index contributed by atoms with van der Waals surface area (Å²) in [6.45, 7) is 7.71. The summed E-state index contributed by atoms with van der Waals surface area (Å²) in [7, 11) is 5.05. The monoisotopic (exact) mass is 567 g/mol. The third kappa shape index (κ3) is 9.02. The largest absolute Gasteiger partial charge is 0.493 e. The van der Waals surface area contributed by atoms with E-state index in [1.807, 2.05) is 18.2 Å². The van der Waals surface area contributed by atoms with Gasteiger partial charge in [-0.2, -0.15) is 0 Å². The van der Waals surface area contributed by atoms with Crippen molar-refractivity contribution in [2.45, 2.75) is 19.4 Å². The van der Waals surface area contributed by atoms with E-state index in [0.29, 0.717) is 11.5 Å². The van der Waals surface area contributed by atoms with Crippen molar-refractivity contribution in [3.8, 4) is 11.5 Å². The molecule has 0 saturated carbocycles. The summed E-state index contributed by atoms with van der Waals surface area (Å²) >= 11 is 0. The molecule has 0 aromatic heterocycles. The Morgan fingerprint density at radius 3 is 2.27 bits per heavy atom. The fraction of sp³-hybridized carbons (Fsp3) is 0.480. The summed E-state index contributed by atoms with van der Waals surface area (Å²) in [5, 5.41) is 6.70. The molecule has 0 bridgehead atoms. The van der Waals surface area contributed by atoms with Crippen LogP contribution in [-0.2, 0) is 6.54 Å². The number of hydrogen-bond acceptors (Lipinski definition) is 5. The van der Waals surface area contributed by atoms with E-state index in [4.69, 9.17) is 9.47 Å². The van der Waals surface area contributed by atoms with Crippen molar-refractivity contribution in [2.24, 2.45) is 4.99 Å². The Morgan fingerprint density at radius 2 is 1.61 bits per heavy atom. The zero-order valence-electron chi connectivity index (χ0n) is 20.0. The lowest BCUT2D eigenvalue weighted by molar-refractivity contribution is 0.126. The molecule has 8 heteroatoms. The van der Waals surface area contributed by atoms with Crippen LogP contribution in [0.3, 0.4) is 0 Å². The second-order valence-corrected chi connectivity index (χ2v) is 8.00. The van der Waals surface area contributed by atoms with E-state index >= 15 is 0 Å². The van der Waals surface area contributed by atoms with Gasteiger partial charge in [-0.15, -0.1) is 24.0 Å². The SMILES string of the molecule is CN=C(NCCCCN1CCN(Cc2ccccc2)CC1)Nc1ccc(OC)c(OC)c1.I. The number of methoxy groups -OCH3 is 2. The fourth-order valence-electron chi connectivity index (χ4n) is 3.91. The van der Waals surface area contributed by atoms with Gasteiger partial charge in [-0.05, 0) is 37.1 Å². The number of aliphatic imine (C=N–C) groups is 1. The Morgan fingerprint density at radius 1 is 0.909 bits per heavy atom. The summed E-state index contributed by atoms with van der Waals surface area (Å²) in [5.74, 6) is 2.16. The average molecular weight is 568 g/mol. The minimum atomic E-state index is 0. The van der Waals surface area contributed by atoms with Gasteiger partial charge in [0.25, 0.3) is 0 Å². The van der Waals surface area contributed by atoms with E-state index in [1.54, 1.807) is 21.3 Å². The molecule has 1 saturated heterocycles. The minimum absolute atomic E-state index is 0. The Bertz CT molecular complexity index is 842. The van der Waals surface area contributed by atoms with Gasteiger partial charge in [-0.25, -0.2) is 0 Å². The van der Waals surface area contributed by atoms with E-state index in [1.165, 1.54) is 12.0 Å². The summed E-state index contributed by atoms with van der Waals surface area (Å²) in [6, 6.07) is 16.5. The van der Waals surface area contributed by atoms with E-state index in [0.717, 1.165) is 63.9 Å². The molecule has 2 aromatic carbocycles. The highest BCUT2D eigenvalue weighted by Gasteiger charge is 2.16. The molecule has 0 spiro atoms. The number of rotatable bonds is 10. The van der Waals surface area contributed by atoms with Gasteiger partial charge < -0.3 is 25.0 Å². The van der Waals surface area contributed by atoms with Gasteiger partial charge in [0.15, 0.2) is 17.5 Å². The number of nitrogens with zero attached hydrogens (tertiary/aromatic N) is 3. The van der Waals surface area contributed by atoms with E-state index in [9.17, 15) is 0 Å². The molecule has 0 atom stereocenters. The van der Waals surface area contributed by atoms with Crippen molar-refractivity contribution in [2.75, 3.05) is 65.9 Å². The molecule has 1 aliphatic rings. The van der Waals surface area contributed by atoms with Crippen molar-refractivity contribution >= 4 is 35.6 Å². The molecule has 182 valence electrons. The first kappa shape index (κ1) is 27.2. The van der Waals surface area contributed by atoms with E-state index in [-0.39, 0.29) is 24.0 Å². The van der Waals surface area contributed by atoms with Crippen molar-refractivity contribution in [1.29, 1.82) is 0 Å². The molecular formula is C25H38IN5O2. The second-order valence-electron chi connectivity index (χ2n) is 8.00. The Balaban J connectivity index is 0.00000385. The molecular weight excluding hydrogens is 529 g/mol. The predicted octanol–water partition coefficient (Wildman–Crippen LogP) is 3.91. The maximum atomic E-state index is 5.37. The molecule has 3 rings (SSSR count). The second kappa shape index (κ2) is 15.0. The van der Waals surface area contributed by atoms with Crippen LogP contribution in [0.15, 0.2) is 53.5 Å². The Labute approximate surface area is 215 Å². The number of hydrogen-bond donors (Lipinski definition) is 2. The molecule has 2 N–H and O–H groups in total. The first-order valence-electron chi connectivity index (χ1n) is 11.4. The normalized spacial score (nSPS) is 14.9. The van der Waals surface area contributed by atoms with Crippen molar-refractivity contribution in [1.82, 2.24) is 15.1 Å². The van der Waals surface area contributed by atoms with Crippen LogP contribution in [0.2, 0.25) is 0 Å². The third-order valence-electron chi connectivity index (χ3n) is 5.78. The van der Waals surface area contributed by atoms with Gasteiger partial charge in [0.1, 0.15) is 0 Å². The van der Waals surface area contributed by atoms with Crippen LogP contribution in [0.5, 0.6) is 11.5 Å². The van der Waals surface area contributed by atoms with Gasteiger partial charge in [0.2, 0.25) is 0 Å². The van der Waals surface area contributed by atoms with Gasteiger partial charge in [0.05, 0.1) is 14.2 Å². The maximum Gasteiger partial charge on any atom is 0.195 e. The minimum Gasteiger partial charge on any atom is -0.493 e. The van der Waals surface area contributed by atoms with Gasteiger partial charge in [-0.3, -0.25) is 9.89 Å². The molecule has 7 nitrogen and oxygen atoms in total. The number of piperazine rings is 1. The lowest BCUT2D eigenvalue weighted by atomic mass is 10.2. The van der Waals surface area contributed by atoms with Gasteiger partial charge in [-0.1, -0.05) is 30.3 Å². The zero-order chi connectivity index (χ0) is 22.6. The number of guanidine groups is 1. The quantitative estimate of drug-likeness (QED) is 0.197. The Hall–Kier alpha value is -2.04. The van der Waals surface area contributed by atoms with E-state index in [2.05, 4.69) is 55.8 Å². The number of unbranched alkanes of at least 4 members (excludes halogenated alkanes) is 1. The topological polar surface area (TPSA) is 61.4 Å². The van der Waals surface area contributed by atoms with Crippen LogP contribution in [0.1, 0.15) is 18.4 Å². The first-order chi connectivity index (χ1) is 15.7. The summed E-state index contributed by atoms with van der Waals surface area (Å²) < 4.78 is 10.7. The lowest BCUT2D eigenvalue weighted by Crippen LogP contribution is -2.46. The number of benzene rings is 2. The number of halogens is 1. The van der Waals surface area contributed by atoms with Crippen LogP contribution in [0.25, 0.3) is 0 Å². The van der Waals surface area contributed by atoms with Crippen molar-refractivity contribution in [3.05, 3.63) is 54.1 Å². The Kier molecular flexibility index (Phi) is 12.3. The zero-order valence-corrected chi connectivity index (χ0v) is 22.4. The molecule has 2 aromatic rings. The summed E-state index contributed by atoms with van der Waals surface area (Å²) in [5.41, 5.74) is 2.31. The summed E-state index contributed by atoms with van der Waals surface area (Å²) in [4.78, 5) is 9.45. The smallest absolute Gasteiger partial charge is 0.195 e. The predicted molar refractivity (Wildman–Crippen MR) is 147 cm³/mol. The molecule has 0 unspecified atom stereocenters. The van der Waals surface area contributed by atoms with Crippen LogP contribution in [-0.4, -0.2) is 76.3 Å². The van der Waals surface area contributed by atoms with Crippen LogP contribution in [0, 0.1) is 0 Å². The number of nitrogens with one attached hydrogen (secondary N) is 2. The molecule has 0 aliphatic carbocycles. The molecule has 1 fully saturated rings. The lowest BCUT2D eigenvalue weighted by Gasteiger charge is -2.34. The molecule has 1 aliphatic heterocycles. The van der Waals surface area contributed by atoms with Crippen LogP contribution < -0.4 is 20.1 Å². The van der Waals surface area contributed by atoms with Crippen molar-refractivity contribution < 1.29 is 9.47 Å². The van der Waals surface area contributed by atoms with Crippen LogP contribution in [0.4, 0.5) is 5.69 Å².